The molecule has 0 bridgehead atoms. The molecule has 0 saturated carbocycles. The molecular formula is C23H23ClN2O2. The molecule has 0 unspecified atom stereocenters. The average Bonchev–Trinajstić information content (AvgIpc) is 3.09. The largest absolute Gasteiger partial charge is 0.486 e. The first-order valence-corrected chi connectivity index (χ1v) is 10.2. The molecular weight excluding hydrogens is 372 g/mol. The van der Waals surface area contributed by atoms with Crippen molar-refractivity contribution in [2.75, 3.05) is 19.8 Å². The Hall–Kier alpha value is -2.43. The van der Waals surface area contributed by atoms with Crippen molar-refractivity contribution in [2.45, 2.75) is 25.6 Å². The Morgan fingerprint density at radius 2 is 1.82 bits per heavy atom. The number of hydrogen-bond donors (Lipinski definition) is 0. The zero-order valence-electron chi connectivity index (χ0n) is 15.7. The molecule has 0 amide bonds. The fraction of sp³-hybridized carbons (Fsp3) is 0.304. The van der Waals surface area contributed by atoms with Gasteiger partial charge in [-0.3, -0.25) is 4.90 Å². The first-order chi connectivity index (χ1) is 13.8. The van der Waals surface area contributed by atoms with Crippen LogP contribution in [-0.2, 0) is 13.1 Å². The Bertz CT molecular complexity index is 984. The van der Waals surface area contributed by atoms with Crippen LogP contribution >= 0.6 is 11.6 Å². The zero-order chi connectivity index (χ0) is 18.9. The monoisotopic (exact) mass is 394 g/mol. The van der Waals surface area contributed by atoms with Gasteiger partial charge >= 0.3 is 0 Å². The number of ether oxygens (including phenoxy) is 2. The summed E-state index contributed by atoms with van der Waals surface area (Å²) in [5, 5.41) is 0.777. The molecule has 144 valence electrons. The van der Waals surface area contributed by atoms with Gasteiger partial charge in [0.2, 0.25) is 0 Å². The Balaban J connectivity index is 1.51. The van der Waals surface area contributed by atoms with Crippen molar-refractivity contribution >= 4 is 11.6 Å². The van der Waals surface area contributed by atoms with Crippen LogP contribution in [-0.4, -0.2) is 29.2 Å². The number of nitrogens with zero attached hydrogens (tertiary/aromatic N) is 2. The lowest BCUT2D eigenvalue weighted by atomic mass is 10.0. The summed E-state index contributed by atoms with van der Waals surface area (Å²) in [4.78, 5) is 2.54. The summed E-state index contributed by atoms with van der Waals surface area (Å²) in [5.41, 5.74) is 3.78. The molecule has 2 aliphatic heterocycles. The van der Waals surface area contributed by atoms with Crippen LogP contribution in [0.25, 0.3) is 0 Å². The summed E-state index contributed by atoms with van der Waals surface area (Å²) in [7, 11) is 0. The topological polar surface area (TPSA) is 26.6 Å². The highest BCUT2D eigenvalue weighted by Gasteiger charge is 2.28. The van der Waals surface area contributed by atoms with Gasteiger partial charge in [0.05, 0.1) is 6.04 Å². The SMILES string of the molecule is Clc1cccc([C@@H]2c3cccn3CCCN2Cc2ccc3c(c2)OCCO3)c1. The molecule has 0 saturated heterocycles. The van der Waals surface area contributed by atoms with Gasteiger partial charge in [-0.1, -0.05) is 29.8 Å². The Morgan fingerprint density at radius 1 is 0.929 bits per heavy atom. The quantitative estimate of drug-likeness (QED) is 0.631. The predicted molar refractivity (Wildman–Crippen MR) is 110 cm³/mol. The van der Waals surface area contributed by atoms with Gasteiger partial charge in [0.15, 0.2) is 11.5 Å². The summed E-state index contributed by atoms with van der Waals surface area (Å²) in [6, 6.07) is 19.1. The lowest BCUT2D eigenvalue weighted by Gasteiger charge is -2.31. The molecule has 0 aliphatic carbocycles. The molecule has 1 aromatic heterocycles. The number of hydrogen-bond acceptors (Lipinski definition) is 3. The van der Waals surface area contributed by atoms with Crippen LogP contribution in [0.15, 0.2) is 60.8 Å². The van der Waals surface area contributed by atoms with Crippen molar-refractivity contribution in [1.29, 1.82) is 0 Å². The number of rotatable bonds is 3. The van der Waals surface area contributed by atoms with Crippen LogP contribution < -0.4 is 9.47 Å². The fourth-order valence-electron chi connectivity index (χ4n) is 4.29. The maximum absolute atomic E-state index is 6.34. The molecule has 5 heteroatoms. The van der Waals surface area contributed by atoms with Gasteiger partial charge in [-0.15, -0.1) is 0 Å². The molecule has 2 aromatic carbocycles. The van der Waals surface area contributed by atoms with Crippen molar-refractivity contribution < 1.29 is 9.47 Å². The molecule has 1 atom stereocenters. The van der Waals surface area contributed by atoms with E-state index in [0.29, 0.717) is 13.2 Å². The highest BCUT2D eigenvalue weighted by Crippen LogP contribution is 2.36. The van der Waals surface area contributed by atoms with Crippen LogP contribution in [0.3, 0.4) is 0 Å². The minimum atomic E-state index is 0.171. The van der Waals surface area contributed by atoms with E-state index in [-0.39, 0.29) is 6.04 Å². The van der Waals surface area contributed by atoms with Crippen LogP contribution in [0.5, 0.6) is 11.5 Å². The smallest absolute Gasteiger partial charge is 0.161 e. The zero-order valence-corrected chi connectivity index (χ0v) is 16.4. The normalized spacial score (nSPS) is 19.1. The molecule has 4 nitrogen and oxygen atoms in total. The molecule has 5 rings (SSSR count). The highest BCUT2D eigenvalue weighted by atomic mass is 35.5. The van der Waals surface area contributed by atoms with Gasteiger partial charge in [0.1, 0.15) is 13.2 Å². The summed E-state index contributed by atoms with van der Waals surface area (Å²) < 4.78 is 13.8. The van der Waals surface area contributed by atoms with E-state index < -0.39 is 0 Å². The Morgan fingerprint density at radius 3 is 2.71 bits per heavy atom. The van der Waals surface area contributed by atoms with Crippen LogP contribution in [0.4, 0.5) is 0 Å². The van der Waals surface area contributed by atoms with Crippen molar-refractivity contribution in [3.05, 3.63) is 82.6 Å². The second kappa shape index (κ2) is 7.53. The third-order valence-electron chi connectivity index (χ3n) is 5.51. The maximum Gasteiger partial charge on any atom is 0.161 e. The van der Waals surface area contributed by atoms with Crippen LogP contribution in [0.2, 0.25) is 5.02 Å². The van der Waals surface area contributed by atoms with Crippen molar-refractivity contribution in [1.82, 2.24) is 9.47 Å². The van der Waals surface area contributed by atoms with Crippen molar-refractivity contribution in [2.24, 2.45) is 0 Å². The van der Waals surface area contributed by atoms with Crippen LogP contribution in [0.1, 0.15) is 29.3 Å². The summed E-state index contributed by atoms with van der Waals surface area (Å²) >= 11 is 6.34. The molecule has 0 fully saturated rings. The van der Waals surface area contributed by atoms with Gasteiger partial charge in [-0.25, -0.2) is 0 Å². The highest BCUT2D eigenvalue weighted by molar-refractivity contribution is 6.30. The first-order valence-electron chi connectivity index (χ1n) is 9.81. The number of fused-ring (bicyclic) bond motifs is 2. The summed E-state index contributed by atoms with van der Waals surface area (Å²) in [5.74, 6) is 1.69. The Labute approximate surface area is 170 Å². The van der Waals surface area contributed by atoms with Crippen molar-refractivity contribution in [3.63, 3.8) is 0 Å². The third-order valence-corrected chi connectivity index (χ3v) is 5.75. The van der Waals surface area contributed by atoms with E-state index in [1.165, 1.54) is 16.8 Å². The van der Waals surface area contributed by atoms with Crippen LogP contribution in [0, 0.1) is 0 Å². The molecule has 3 aromatic rings. The summed E-state index contributed by atoms with van der Waals surface area (Å²) in [6.07, 6.45) is 3.30. The molecule has 3 heterocycles. The van der Waals surface area contributed by atoms with E-state index in [2.05, 4.69) is 52.1 Å². The second-order valence-electron chi connectivity index (χ2n) is 7.39. The number of aryl methyl sites for hydroxylation is 1. The summed E-state index contributed by atoms with van der Waals surface area (Å²) in [6.45, 7) is 4.13. The lowest BCUT2D eigenvalue weighted by Crippen LogP contribution is -2.29. The van der Waals surface area contributed by atoms with E-state index in [1.54, 1.807) is 0 Å². The third kappa shape index (κ3) is 3.38. The lowest BCUT2D eigenvalue weighted by molar-refractivity contribution is 0.170. The number of benzene rings is 2. The molecule has 28 heavy (non-hydrogen) atoms. The van der Waals surface area contributed by atoms with E-state index in [0.717, 1.165) is 42.6 Å². The van der Waals surface area contributed by atoms with Crippen molar-refractivity contribution in [3.8, 4) is 11.5 Å². The predicted octanol–water partition coefficient (Wildman–Crippen LogP) is 4.91. The molecule has 0 N–H and O–H groups in total. The Kier molecular flexibility index (Phi) is 4.75. The van der Waals surface area contributed by atoms with E-state index in [4.69, 9.17) is 21.1 Å². The molecule has 0 radical (unpaired) electrons. The van der Waals surface area contributed by atoms with E-state index in [1.807, 2.05) is 18.2 Å². The van der Waals surface area contributed by atoms with Gasteiger partial charge in [0.25, 0.3) is 0 Å². The second-order valence-corrected chi connectivity index (χ2v) is 7.82. The fourth-order valence-corrected chi connectivity index (χ4v) is 4.49. The standard InChI is InChI=1S/C23H23ClN2O2/c24-19-5-1-4-18(15-19)23-20-6-2-9-25(20)10-3-11-26(23)16-17-7-8-21-22(14-17)28-13-12-27-21/h1-2,4-9,14-15,23H,3,10-13,16H2/t23-/m1/s1. The van der Waals surface area contributed by atoms with Gasteiger partial charge in [0, 0.05) is 36.5 Å². The first kappa shape index (κ1) is 17.7. The maximum atomic E-state index is 6.34. The number of aromatic nitrogens is 1. The minimum absolute atomic E-state index is 0.171. The minimum Gasteiger partial charge on any atom is -0.486 e. The van der Waals surface area contributed by atoms with Gasteiger partial charge in [-0.05, 0) is 53.9 Å². The molecule has 2 aliphatic rings. The van der Waals surface area contributed by atoms with E-state index >= 15 is 0 Å². The average molecular weight is 395 g/mol. The van der Waals surface area contributed by atoms with Gasteiger partial charge < -0.3 is 14.0 Å². The molecule has 0 spiro atoms. The number of halogens is 1. The van der Waals surface area contributed by atoms with E-state index in [9.17, 15) is 0 Å². The van der Waals surface area contributed by atoms with Gasteiger partial charge in [-0.2, -0.15) is 0 Å².